The van der Waals surface area contributed by atoms with Crippen LogP contribution >= 0.6 is 0 Å². The predicted octanol–water partition coefficient (Wildman–Crippen LogP) is 1.00. The number of amides is 1. The van der Waals surface area contributed by atoms with E-state index in [0.717, 1.165) is 18.6 Å². The van der Waals surface area contributed by atoms with Gasteiger partial charge in [-0.3, -0.25) is 4.79 Å². The van der Waals surface area contributed by atoms with Crippen LogP contribution < -0.4 is 0 Å². The van der Waals surface area contributed by atoms with E-state index in [4.69, 9.17) is 9.63 Å². The summed E-state index contributed by atoms with van der Waals surface area (Å²) < 4.78 is 5.11. The molecule has 0 aromatic carbocycles. The number of aliphatic hydroxyl groups is 1. The topological polar surface area (TPSA) is 66.6 Å². The molecular weight excluding hydrogens is 208 g/mol. The minimum absolute atomic E-state index is 0.0599. The van der Waals surface area contributed by atoms with Crippen molar-refractivity contribution in [2.75, 3.05) is 13.7 Å². The summed E-state index contributed by atoms with van der Waals surface area (Å²) in [6, 6.07) is 1.49. The van der Waals surface area contributed by atoms with E-state index in [1.165, 1.54) is 4.90 Å². The van der Waals surface area contributed by atoms with Crippen molar-refractivity contribution in [1.29, 1.82) is 0 Å². The molecule has 1 aromatic heterocycles. The van der Waals surface area contributed by atoms with E-state index >= 15 is 0 Å². The van der Waals surface area contributed by atoms with E-state index in [1.807, 2.05) is 0 Å². The zero-order valence-electron chi connectivity index (χ0n) is 9.51. The van der Waals surface area contributed by atoms with Gasteiger partial charge in [-0.05, 0) is 19.8 Å². The maximum atomic E-state index is 11.9. The standard InChI is InChI=1S/C11H16N2O3/c1-7(6-14)13(2)11(15)9-5-10(16-12-9)8-3-4-8/h5,7-8,14H,3-4,6H2,1-2H3. The SMILES string of the molecule is CC(CO)N(C)C(=O)c1cc(C2CC2)on1. The number of aliphatic hydroxyl groups excluding tert-OH is 1. The smallest absolute Gasteiger partial charge is 0.276 e. The van der Waals surface area contributed by atoms with E-state index < -0.39 is 0 Å². The van der Waals surface area contributed by atoms with Crippen LogP contribution in [-0.2, 0) is 0 Å². The van der Waals surface area contributed by atoms with Crippen molar-refractivity contribution in [2.45, 2.75) is 31.7 Å². The molecular formula is C11H16N2O3. The van der Waals surface area contributed by atoms with Crippen molar-refractivity contribution in [2.24, 2.45) is 0 Å². The molecule has 2 rings (SSSR count). The highest BCUT2D eigenvalue weighted by molar-refractivity contribution is 5.92. The monoisotopic (exact) mass is 224 g/mol. The number of hydrogen-bond donors (Lipinski definition) is 1. The molecule has 5 nitrogen and oxygen atoms in total. The summed E-state index contributed by atoms with van der Waals surface area (Å²) in [5.74, 6) is 1.04. The number of carbonyl (C=O) groups excluding carboxylic acids is 1. The average Bonchev–Trinajstić information content (AvgIpc) is 3.04. The van der Waals surface area contributed by atoms with Crippen LogP contribution in [0.15, 0.2) is 10.6 Å². The second kappa shape index (κ2) is 4.25. The lowest BCUT2D eigenvalue weighted by Gasteiger charge is -2.21. The molecule has 1 heterocycles. The van der Waals surface area contributed by atoms with Gasteiger partial charge in [-0.1, -0.05) is 5.16 Å². The highest BCUT2D eigenvalue weighted by Gasteiger charge is 2.29. The summed E-state index contributed by atoms with van der Waals surface area (Å²) in [5.41, 5.74) is 0.324. The number of likely N-dealkylation sites (N-methyl/N-ethyl adjacent to an activating group) is 1. The zero-order valence-corrected chi connectivity index (χ0v) is 9.51. The van der Waals surface area contributed by atoms with Crippen molar-refractivity contribution in [1.82, 2.24) is 10.1 Å². The number of carbonyl (C=O) groups is 1. The van der Waals surface area contributed by atoms with E-state index in [-0.39, 0.29) is 18.6 Å². The van der Waals surface area contributed by atoms with Gasteiger partial charge in [-0.2, -0.15) is 0 Å². The number of rotatable bonds is 4. The minimum Gasteiger partial charge on any atom is -0.394 e. The summed E-state index contributed by atoms with van der Waals surface area (Å²) in [6.07, 6.45) is 2.23. The van der Waals surface area contributed by atoms with Crippen molar-refractivity contribution >= 4 is 5.91 Å². The molecule has 88 valence electrons. The Hall–Kier alpha value is -1.36. The fourth-order valence-corrected chi connectivity index (χ4v) is 1.45. The van der Waals surface area contributed by atoms with Gasteiger partial charge in [-0.25, -0.2) is 0 Å². The molecule has 1 amide bonds. The Labute approximate surface area is 94.0 Å². The largest absolute Gasteiger partial charge is 0.394 e. The molecule has 0 bridgehead atoms. The minimum atomic E-state index is -0.214. The van der Waals surface area contributed by atoms with Crippen molar-refractivity contribution in [3.8, 4) is 0 Å². The molecule has 0 aliphatic heterocycles. The fraction of sp³-hybridized carbons (Fsp3) is 0.636. The lowest BCUT2D eigenvalue weighted by molar-refractivity contribution is 0.0672. The Morgan fingerprint density at radius 2 is 2.44 bits per heavy atom. The van der Waals surface area contributed by atoms with Crippen LogP contribution in [0.25, 0.3) is 0 Å². The van der Waals surface area contributed by atoms with E-state index in [2.05, 4.69) is 5.16 Å². The second-order valence-electron chi connectivity index (χ2n) is 4.34. The van der Waals surface area contributed by atoms with Crippen LogP contribution in [-0.4, -0.2) is 40.8 Å². The third kappa shape index (κ3) is 2.09. The van der Waals surface area contributed by atoms with Crippen LogP contribution in [0.3, 0.4) is 0 Å². The van der Waals surface area contributed by atoms with Gasteiger partial charge in [-0.15, -0.1) is 0 Å². The average molecular weight is 224 g/mol. The normalized spacial score (nSPS) is 17.2. The Kier molecular flexibility index (Phi) is 2.96. The fourth-order valence-electron chi connectivity index (χ4n) is 1.45. The molecule has 1 aliphatic carbocycles. The van der Waals surface area contributed by atoms with Crippen molar-refractivity contribution < 1.29 is 14.4 Å². The third-order valence-electron chi connectivity index (χ3n) is 2.97. The van der Waals surface area contributed by atoms with Gasteiger partial charge in [0, 0.05) is 19.0 Å². The molecule has 1 saturated carbocycles. The summed E-state index contributed by atoms with van der Waals surface area (Å²) in [4.78, 5) is 13.4. The maximum Gasteiger partial charge on any atom is 0.276 e. The lowest BCUT2D eigenvalue weighted by atomic mass is 10.2. The molecule has 1 unspecified atom stereocenters. The van der Waals surface area contributed by atoms with Gasteiger partial charge in [0.2, 0.25) is 0 Å². The molecule has 0 radical (unpaired) electrons. The molecule has 1 aromatic rings. The van der Waals surface area contributed by atoms with Crippen LogP contribution in [0, 0.1) is 0 Å². The second-order valence-corrected chi connectivity index (χ2v) is 4.34. The Morgan fingerprint density at radius 1 is 1.75 bits per heavy atom. The molecule has 1 aliphatic rings. The molecule has 5 heteroatoms. The van der Waals surface area contributed by atoms with Gasteiger partial charge in [0.25, 0.3) is 5.91 Å². The molecule has 16 heavy (non-hydrogen) atoms. The van der Waals surface area contributed by atoms with Crippen LogP contribution in [0.4, 0.5) is 0 Å². The van der Waals surface area contributed by atoms with E-state index in [9.17, 15) is 4.79 Å². The van der Waals surface area contributed by atoms with Gasteiger partial charge in [0.05, 0.1) is 12.6 Å². The number of nitrogens with zero attached hydrogens (tertiary/aromatic N) is 2. The zero-order chi connectivity index (χ0) is 11.7. The van der Waals surface area contributed by atoms with Gasteiger partial charge in [0.1, 0.15) is 5.76 Å². The highest BCUT2D eigenvalue weighted by atomic mass is 16.5. The predicted molar refractivity (Wildman–Crippen MR) is 57.1 cm³/mol. The summed E-state index contributed by atoms with van der Waals surface area (Å²) in [5, 5.41) is 12.7. The first-order chi connectivity index (χ1) is 7.63. The quantitative estimate of drug-likeness (QED) is 0.828. The molecule has 0 spiro atoms. The lowest BCUT2D eigenvalue weighted by Crippen LogP contribution is -2.37. The number of aromatic nitrogens is 1. The Balaban J connectivity index is 2.07. The summed E-state index contributed by atoms with van der Waals surface area (Å²) >= 11 is 0. The van der Waals surface area contributed by atoms with Crippen LogP contribution in [0.5, 0.6) is 0 Å². The van der Waals surface area contributed by atoms with Crippen LogP contribution in [0.2, 0.25) is 0 Å². The van der Waals surface area contributed by atoms with Gasteiger partial charge >= 0.3 is 0 Å². The maximum absolute atomic E-state index is 11.9. The first-order valence-corrected chi connectivity index (χ1v) is 5.48. The Morgan fingerprint density at radius 3 is 3.00 bits per heavy atom. The molecule has 1 N–H and O–H groups in total. The van der Waals surface area contributed by atoms with Crippen molar-refractivity contribution in [3.05, 3.63) is 17.5 Å². The summed E-state index contributed by atoms with van der Waals surface area (Å²) in [7, 11) is 1.65. The number of hydrogen-bond acceptors (Lipinski definition) is 4. The van der Waals surface area contributed by atoms with Crippen molar-refractivity contribution in [3.63, 3.8) is 0 Å². The first-order valence-electron chi connectivity index (χ1n) is 5.48. The van der Waals surface area contributed by atoms with Gasteiger partial charge in [0.15, 0.2) is 5.69 Å². The van der Waals surface area contributed by atoms with Gasteiger partial charge < -0.3 is 14.5 Å². The molecule has 1 atom stereocenters. The third-order valence-corrected chi connectivity index (χ3v) is 2.97. The Bertz CT molecular complexity index is 384. The van der Waals surface area contributed by atoms with E-state index in [0.29, 0.717) is 11.6 Å². The van der Waals surface area contributed by atoms with Crippen LogP contribution in [0.1, 0.15) is 41.9 Å². The molecule has 1 fully saturated rings. The summed E-state index contributed by atoms with van der Waals surface area (Å²) in [6.45, 7) is 1.72. The molecule has 0 saturated heterocycles. The highest BCUT2D eigenvalue weighted by Crippen LogP contribution is 2.40. The first kappa shape index (κ1) is 11.1. The van der Waals surface area contributed by atoms with E-state index in [1.54, 1.807) is 20.0 Å².